The number of benzene rings is 2. The molecule has 0 atom stereocenters. The van der Waals surface area contributed by atoms with Crippen LogP contribution >= 0.6 is 0 Å². The monoisotopic (exact) mass is 238 g/mol. The van der Waals surface area contributed by atoms with Crippen molar-refractivity contribution >= 4 is 11.4 Å². The van der Waals surface area contributed by atoms with Crippen LogP contribution in [-0.2, 0) is 0 Å². The van der Waals surface area contributed by atoms with E-state index < -0.39 is 0 Å². The van der Waals surface area contributed by atoms with Crippen molar-refractivity contribution in [2.24, 2.45) is 0 Å². The highest BCUT2D eigenvalue weighted by Gasteiger charge is 2.01. The molecule has 0 radical (unpaired) electrons. The first kappa shape index (κ1) is 12.0. The molecule has 3 nitrogen and oxygen atoms in total. The highest BCUT2D eigenvalue weighted by Crippen LogP contribution is 2.22. The van der Waals surface area contributed by atoms with Crippen LogP contribution in [0.25, 0.3) is 0 Å². The number of rotatable bonds is 4. The van der Waals surface area contributed by atoms with Gasteiger partial charge in [-0.2, -0.15) is 5.26 Å². The number of nitriles is 1. The molecule has 1 N–H and O–H groups in total. The Kier molecular flexibility index (Phi) is 3.83. The van der Waals surface area contributed by atoms with Gasteiger partial charge in [-0.1, -0.05) is 12.1 Å². The second-order valence-electron chi connectivity index (χ2n) is 3.74. The number of hydrogen-bond donors (Lipinski definition) is 1. The first-order valence-corrected chi connectivity index (χ1v) is 5.82. The minimum Gasteiger partial charge on any atom is -0.494 e. The lowest BCUT2D eigenvalue weighted by Crippen LogP contribution is -1.94. The second-order valence-corrected chi connectivity index (χ2v) is 3.74. The number of para-hydroxylation sites is 1. The van der Waals surface area contributed by atoms with E-state index in [1.54, 1.807) is 6.07 Å². The van der Waals surface area contributed by atoms with Crippen LogP contribution in [0.2, 0.25) is 0 Å². The molecule has 0 fully saturated rings. The molecule has 18 heavy (non-hydrogen) atoms. The minimum atomic E-state index is 0.631. The fourth-order valence-electron chi connectivity index (χ4n) is 1.65. The molecule has 0 aliphatic heterocycles. The Balaban J connectivity index is 2.16. The van der Waals surface area contributed by atoms with E-state index in [9.17, 15) is 0 Å². The lowest BCUT2D eigenvalue weighted by atomic mass is 10.2. The Morgan fingerprint density at radius 2 is 1.83 bits per heavy atom. The molecule has 0 unspecified atom stereocenters. The molecular formula is C15H14N2O. The van der Waals surface area contributed by atoms with E-state index in [0.717, 1.165) is 17.1 Å². The lowest BCUT2D eigenvalue weighted by Gasteiger charge is -2.09. The van der Waals surface area contributed by atoms with Gasteiger partial charge in [0, 0.05) is 5.69 Å². The van der Waals surface area contributed by atoms with E-state index in [-0.39, 0.29) is 0 Å². The van der Waals surface area contributed by atoms with E-state index in [4.69, 9.17) is 10.00 Å². The molecule has 90 valence electrons. The summed E-state index contributed by atoms with van der Waals surface area (Å²) in [4.78, 5) is 0. The van der Waals surface area contributed by atoms with Gasteiger partial charge in [-0.15, -0.1) is 0 Å². The maximum atomic E-state index is 9.00. The number of nitrogens with one attached hydrogen (secondary N) is 1. The van der Waals surface area contributed by atoms with Gasteiger partial charge in [-0.3, -0.25) is 0 Å². The minimum absolute atomic E-state index is 0.631. The molecule has 2 aromatic carbocycles. The number of ether oxygens (including phenoxy) is 1. The Morgan fingerprint density at radius 3 is 2.50 bits per heavy atom. The number of anilines is 2. The predicted octanol–water partition coefficient (Wildman–Crippen LogP) is 3.70. The molecule has 3 heteroatoms. The SMILES string of the molecule is CCOc1ccc(Nc2ccccc2C#N)cc1. The summed E-state index contributed by atoms with van der Waals surface area (Å²) in [6.07, 6.45) is 0. The smallest absolute Gasteiger partial charge is 0.119 e. The third-order valence-corrected chi connectivity index (χ3v) is 2.49. The summed E-state index contributed by atoms with van der Waals surface area (Å²) in [5, 5.41) is 12.2. The maximum Gasteiger partial charge on any atom is 0.119 e. The van der Waals surface area contributed by atoms with Crippen molar-refractivity contribution in [2.45, 2.75) is 6.92 Å². The van der Waals surface area contributed by atoms with Crippen molar-refractivity contribution in [1.29, 1.82) is 5.26 Å². The fraction of sp³-hybridized carbons (Fsp3) is 0.133. The Morgan fingerprint density at radius 1 is 1.11 bits per heavy atom. The van der Waals surface area contributed by atoms with Gasteiger partial charge in [0.05, 0.1) is 17.9 Å². The summed E-state index contributed by atoms with van der Waals surface area (Å²) < 4.78 is 5.38. The van der Waals surface area contributed by atoms with Crippen molar-refractivity contribution in [2.75, 3.05) is 11.9 Å². The van der Waals surface area contributed by atoms with Gasteiger partial charge in [0.1, 0.15) is 11.8 Å². The molecule has 0 aliphatic rings. The average Bonchev–Trinajstić information content (AvgIpc) is 2.42. The van der Waals surface area contributed by atoms with Gasteiger partial charge in [0.2, 0.25) is 0 Å². The average molecular weight is 238 g/mol. The van der Waals surface area contributed by atoms with Crippen LogP contribution in [0.3, 0.4) is 0 Å². The second kappa shape index (κ2) is 5.74. The van der Waals surface area contributed by atoms with E-state index in [0.29, 0.717) is 12.2 Å². The fourth-order valence-corrected chi connectivity index (χ4v) is 1.65. The number of hydrogen-bond acceptors (Lipinski definition) is 3. The van der Waals surface area contributed by atoms with Crippen LogP contribution < -0.4 is 10.1 Å². The molecule has 0 aliphatic carbocycles. The van der Waals surface area contributed by atoms with Crippen LogP contribution in [0.4, 0.5) is 11.4 Å². The standard InChI is InChI=1S/C15H14N2O/c1-2-18-14-9-7-13(8-10-14)17-15-6-4-3-5-12(15)11-16/h3-10,17H,2H2,1H3. The third-order valence-electron chi connectivity index (χ3n) is 2.49. The van der Waals surface area contributed by atoms with Crippen molar-refractivity contribution < 1.29 is 4.74 Å². The van der Waals surface area contributed by atoms with Gasteiger partial charge in [0.25, 0.3) is 0 Å². The molecule has 2 rings (SSSR count). The Labute approximate surface area is 107 Å². The Bertz CT molecular complexity index is 555. The molecule has 0 heterocycles. The Hall–Kier alpha value is -2.47. The molecule has 0 saturated carbocycles. The van der Waals surface area contributed by atoms with Crippen molar-refractivity contribution in [3.05, 3.63) is 54.1 Å². The van der Waals surface area contributed by atoms with E-state index >= 15 is 0 Å². The zero-order valence-corrected chi connectivity index (χ0v) is 10.2. The van der Waals surface area contributed by atoms with Crippen molar-refractivity contribution in [3.8, 4) is 11.8 Å². The summed E-state index contributed by atoms with van der Waals surface area (Å²) in [7, 11) is 0. The van der Waals surface area contributed by atoms with Crippen LogP contribution in [0.15, 0.2) is 48.5 Å². The summed E-state index contributed by atoms with van der Waals surface area (Å²) in [6.45, 7) is 2.61. The first-order valence-electron chi connectivity index (χ1n) is 5.82. The van der Waals surface area contributed by atoms with Crippen molar-refractivity contribution in [3.63, 3.8) is 0 Å². The molecule has 0 spiro atoms. The highest BCUT2D eigenvalue weighted by atomic mass is 16.5. The predicted molar refractivity (Wildman–Crippen MR) is 72.1 cm³/mol. The van der Waals surface area contributed by atoms with Gasteiger partial charge < -0.3 is 10.1 Å². The third kappa shape index (κ3) is 2.80. The lowest BCUT2D eigenvalue weighted by molar-refractivity contribution is 0.340. The number of nitrogens with zero attached hydrogens (tertiary/aromatic N) is 1. The topological polar surface area (TPSA) is 45.0 Å². The van der Waals surface area contributed by atoms with Gasteiger partial charge in [-0.05, 0) is 43.3 Å². The normalized spacial score (nSPS) is 9.56. The summed E-state index contributed by atoms with van der Waals surface area (Å²) >= 11 is 0. The maximum absolute atomic E-state index is 9.00. The molecule has 0 amide bonds. The van der Waals surface area contributed by atoms with Crippen LogP contribution in [0, 0.1) is 11.3 Å². The molecular weight excluding hydrogens is 224 g/mol. The summed E-state index contributed by atoms with van der Waals surface area (Å²) in [6, 6.07) is 17.2. The quantitative estimate of drug-likeness (QED) is 0.883. The zero-order valence-electron chi connectivity index (χ0n) is 10.2. The first-order chi connectivity index (χ1) is 8.83. The van der Waals surface area contributed by atoms with Gasteiger partial charge in [0.15, 0.2) is 0 Å². The van der Waals surface area contributed by atoms with Crippen molar-refractivity contribution in [1.82, 2.24) is 0 Å². The molecule has 0 aromatic heterocycles. The molecule has 0 bridgehead atoms. The highest BCUT2D eigenvalue weighted by molar-refractivity contribution is 5.66. The largest absolute Gasteiger partial charge is 0.494 e. The molecule has 0 saturated heterocycles. The summed E-state index contributed by atoms with van der Waals surface area (Å²) in [5.41, 5.74) is 2.37. The van der Waals surface area contributed by atoms with Gasteiger partial charge in [-0.25, -0.2) is 0 Å². The molecule has 2 aromatic rings. The van der Waals surface area contributed by atoms with Crippen LogP contribution in [-0.4, -0.2) is 6.61 Å². The van der Waals surface area contributed by atoms with Gasteiger partial charge >= 0.3 is 0 Å². The van der Waals surface area contributed by atoms with Crippen LogP contribution in [0.5, 0.6) is 5.75 Å². The van der Waals surface area contributed by atoms with E-state index in [1.807, 2.05) is 49.4 Å². The zero-order chi connectivity index (χ0) is 12.8. The summed E-state index contributed by atoms with van der Waals surface area (Å²) in [5.74, 6) is 0.844. The van der Waals surface area contributed by atoms with Crippen LogP contribution in [0.1, 0.15) is 12.5 Å². The van der Waals surface area contributed by atoms with E-state index in [1.165, 1.54) is 0 Å². The van der Waals surface area contributed by atoms with E-state index in [2.05, 4.69) is 11.4 Å².